The lowest BCUT2D eigenvalue weighted by Gasteiger charge is -2.41. The summed E-state index contributed by atoms with van der Waals surface area (Å²) in [7, 11) is 0. The fraction of sp³-hybridized carbons (Fsp3) is 0.429. The van der Waals surface area contributed by atoms with Crippen LogP contribution in [0.15, 0.2) is 41.3 Å². The minimum atomic E-state index is -0.898. The topological polar surface area (TPSA) is 86.6 Å². The van der Waals surface area contributed by atoms with Crippen LogP contribution in [0.25, 0.3) is 10.8 Å². The van der Waals surface area contributed by atoms with E-state index in [2.05, 4.69) is 5.32 Å². The Bertz CT molecular complexity index is 890. The maximum atomic E-state index is 11.8. The molecule has 150 valence electrons. The minimum Gasteiger partial charge on any atom is -0.480 e. The van der Waals surface area contributed by atoms with Crippen molar-refractivity contribution >= 4 is 46.9 Å². The van der Waals surface area contributed by atoms with Crippen molar-refractivity contribution in [3.63, 3.8) is 0 Å². The van der Waals surface area contributed by atoms with Gasteiger partial charge in [0.15, 0.2) is 0 Å². The highest BCUT2D eigenvalue weighted by molar-refractivity contribution is 8.00. The van der Waals surface area contributed by atoms with E-state index in [4.69, 9.17) is 0 Å². The van der Waals surface area contributed by atoms with Crippen LogP contribution in [0.3, 0.4) is 0 Å². The van der Waals surface area contributed by atoms with Crippen molar-refractivity contribution in [2.45, 2.75) is 41.9 Å². The van der Waals surface area contributed by atoms with E-state index < -0.39 is 18.0 Å². The van der Waals surface area contributed by atoms with Gasteiger partial charge in [0.1, 0.15) is 6.04 Å². The highest BCUT2D eigenvalue weighted by atomic mass is 35.5. The van der Waals surface area contributed by atoms with Gasteiger partial charge in [-0.25, -0.2) is 4.79 Å². The molecule has 2 aliphatic rings. The second-order valence-corrected chi connectivity index (χ2v) is 8.95. The molecule has 1 saturated carbocycles. The zero-order valence-corrected chi connectivity index (χ0v) is 17.0. The molecule has 2 aromatic rings. The normalized spacial score (nSPS) is 26.9. The number of halogens is 1. The number of piperidine rings is 1. The Morgan fingerprint density at radius 2 is 1.71 bits per heavy atom. The van der Waals surface area contributed by atoms with E-state index in [-0.39, 0.29) is 12.4 Å². The molecule has 28 heavy (non-hydrogen) atoms. The van der Waals surface area contributed by atoms with Crippen LogP contribution in [-0.2, 0) is 4.79 Å². The first-order valence-electron chi connectivity index (χ1n) is 9.40. The van der Waals surface area contributed by atoms with E-state index in [9.17, 15) is 19.8 Å². The molecule has 4 rings (SSSR count). The van der Waals surface area contributed by atoms with Crippen molar-refractivity contribution < 1.29 is 19.8 Å². The Morgan fingerprint density at radius 1 is 1.00 bits per heavy atom. The number of rotatable bonds is 4. The van der Waals surface area contributed by atoms with Gasteiger partial charge >= 0.3 is 11.9 Å². The lowest BCUT2D eigenvalue weighted by atomic mass is 9.73. The molecule has 0 amide bonds. The van der Waals surface area contributed by atoms with Crippen LogP contribution in [0.4, 0.5) is 0 Å². The number of benzene rings is 2. The minimum absolute atomic E-state index is 0. The van der Waals surface area contributed by atoms with Gasteiger partial charge in [-0.1, -0.05) is 24.3 Å². The van der Waals surface area contributed by atoms with E-state index in [1.165, 1.54) is 0 Å². The second-order valence-electron chi connectivity index (χ2n) is 7.61. The van der Waals surface area contributed by atoms with Gasteiger partial charge in [-0.2, -0.15) is 0 Å². The summed E-state index contributed by atoms with van der Waals surface area (Å²) in [6, 6.07) is 11.1. The molecule has 3 N–H and O–H groups in total. The average molecular weight is 422 g/mol. The van der Waals surface area contributed by atoms with Crippen LogP contribution >= 0.6 is 24.2 Å². The lowest BCUT2D eigenvalue weighted by molar-refractivity contribution is -0.141. The molecule has 4 atom stereocenters. The molecule has 2 fully saturated rings. The second kappa shape index (κ2) is 8.72. The largest absolute Gasteiger partial charge is 0.480 e. The number of thioether (sulfide) groups is 1. The molecule has 1 aliphatic heterocycles. The van der Waals surface area contributed by atoms with E-state index >= 15 is 0 Å². The molecule has 7 heteroatoms. The number of hydrogen-bond acceptors (Lipinski definition) is 4. The molecular weight excluding hydrogens is 398 g/mol. The molecule has 0 radical (unpaired) electrons. The van der Waals surface area contributed by atoms with Crippen LogP contribution < -0.4 is 5.32 Å². The lowest BCUT2D eigenvalue weighted by Crippen LogP contribution is -2.49. The number of aliphatic carboxylic acids is 1. The number of carbonyl (C=O) groups is 2. The van der Waals surface area contributed by atoms with E-state index in [1.807, 2.05) is 30.3 Å². The van der Waals surface area contributed by atoms with Gasteiger partial charge in [-0.05, 0) is 67.0 Å². The summed E-state index contributed by atoms with van der Waals surface area (Å²) in [5.41, 5.74) is 0.356. The molecule has 1 aliphatic carbocycles. The maximum absolute atomic E-state index is 11.8. The smallest absolute Gasteiger partial charge is 0.336 e. The summed E-state index contributed by atoms with van der Waals surface area (Å²) in [4.78, 5) is 23.9. The Balaban J connectivity index is 0.00000225. The molecule has 0 aromatic heterocycles. The van der Waals surface area contributed by atoms with Gasteiger partial charge in [-0.3, -0.25) is 4.79 Å². The van der Waals surface area contributed by atoms with Gasteiger partial charge in [0.25, 0.3) is 0 Å². The Kier molecular flexibility index (Phi) is 6.53. The molecule has 1 saturated heterocycles. The third kappa shape index (κ3) is 4.29. The van der Waals surface area contributed by atoms with Crippen molar-refractivity contribution in [1.82, 2.24) is 5.32 Å². The standard InChI is InChI=1S/C21H23NO4S.ClH/c23-20(24)17-8-12-3-1-2-4-13(12)10-19(17)27-16-6-5-14-11-22-18(21(25)26)9-15(14)7-16;/h1-4,8,10,14-16,18,22H,5-7,9,11H2,(H,23,24)(H,25,26);1H/t14-,15-,16-,18-;/m0./s1. The molecule has 5 nitrogen and oxygen atoms in total. The summed E-state index contributed by atoms with van der Waals surface area (Å²) in [5, 5.41) is 24.4. The molecular formula is C21H24ClNO4S. The van der Waals surface area contributed by atoms with Crippen LogP contribution in [0.1, 0.15) is 36.0 Å². The first-order chi connectivity index (χ1) is 13.0. The average Bonchev–Trinajstić information content (AvgIpc) is 2.66. The first kappa shape index (κ1) is 21.0. The van der Waals surface area contributed by atoms with Crippen molar-refractivity contribution in [1.29, 1.82) is 0 Å². The van der Waals surface area contributed by atoms with E-state index in [0.717, 1.165) is 41.5 Å². The quantitative estimate of drug-likeness (QED) is 0.682. The molecule has 0 bridgehead atoms. The summed E-state index contributed by atoms with van der Waals surface area (Å²) in [6.07, 6.45) is 3.72. The Labute approximate surface area is 174 Å². The Morgan fingerprint density at radius 3 is 2.39 bits per heavy atom. The van der Waals surface area contributed by atoms with Gasteiger partial charge in [-0.15, -0.1) is 24.2 Å². The number of nitrogens with one attached hydrogen (secondary N) is 1. The SMILES string of the molecule is Cl.O=C(O)c1cc2ccccc2cc1S[C@H]1CC[C@H]2CN[C@H](C(=O)O)C[C@@H]2C1. The number of carboxylic acids is 2. The number of aromatic carboxylic acids is 1. The molecule has 0 unspecified atom stereocenters. The molecule has 1 heterocycles. The fourth-order valence-corrected chi connectivity index (χ4v) is 5.90. The third-order valence-corrected chi connectivity index (χ3v) is 7.28. The van der Waals surface area contributed by atoms with Gasteiger partial charge in [0.2, 0.25) is 0 Å². The van der Waals surface area contributed by atoms with Crippen molar-refractivity contribution in [3.05, 3.63) is 42.0 Å². The van der Waals surface area contributed by atoms with Gasteiger partial charge in [0, 0.05) is 10.1 Å². The van der Waals surface area contributed by atoms with Gasteiger partial charge in [0.05, 0.1) is 5.56 Å². The Hall–Kier alpha value is -1.76. The van der Waals surface area contributed by atoms with Crippen LogP contribution in [0.2, 0.25) is 0 Å². The predicted octanol–water partition coefficient (Wildman–Crippen LogP) is 4.28. The summed E-state index contributed by atoms with van der Waals surface area (Å²) in [6.45, 7) is 0.773. The summed E-state index contributed by atoms with van der Waals surface area (Å²) in [5.74, 6) is -0.740. The molecule has 0 spiro atoms. The number of carboxylic acid groups (broad SMARTS) is 2. The highest BCUT2D eigenvalue weighted by Crippen LogP contribution is 2.43. The zero-order chi connectivity index (χ0) is 19.0. The first-order valence-corrected chi connectivity index (χ1v) is 10.3. The fourth-order valence-electron chi connectivity index (χ4n) is 4.48. The van der Waals surface area contributed by atoms with Gasteiger partial charge < -0.3 is 15.5 Å². The van der Waals surface area contributed by atoms with Crippen LogP contribution in [0.5, 0.6) is 0 Å². The maximum Gasteiger partial charge on any atom is 0.336 e. The third-order valence-electron chi connectivity index (χ3n) is 5.93. The van der Waals surface area contributed by atoms with Crippen molar-refractivity contribution in [2.24, 2.45) is 11.8 Å². The number of fused-ring (bicyclic) bond motifs is 2. The number of hydrogen-bond donors (Lipinski definition) is 3. The van der Waals surface area contributed by atoms with Crippen LogP contribution in [-0.4, -0.2) is 40.0 Å². The van der Waals surface area contributed by atoms with E-state index in [0.29, 0.717) is 29.1 Å². The van der Waals surface area contributed by atoms with Crippen molar-refractivity contribution in [2.75, 3.05) is 6.54 Å². The monoisotopic (exact) mass is 421 g/mol. The van der Waals surface area contributed by atoms with Crippen LogP contribution in [0, 0.1) is 11.8 Å². The zero-order valence-electron chi connectivity index (χ0n) is 15.3. The highest BCUT2D eigenvalue weighted by Gasteiger charge is 2.38. The summed E-state index contributed by atoms with van der Waals surface area (Å²) < 4.78 is 0. The summed E-state index contributed by atoms with van der Waals surface area (Å²) >= 11 is 1.65. The van der Waals surface area contributed by atoms with E-state index in [1.54, 1.807) is 17.8 Å². The van der Waals surface area contributed by atoms with Crippen molar-refractivity contribution in [3.8, 4) is 0 Å². The molecule has 2 aromatic carbocycles. The predicted molar refractivity (Wildman–Crippen MR) is 113 cm³/mol.